The first-order valence-electron chi connectivity index (χ1n) is 9.82. The largest absolute Gasteiger partial charge is 0.357 e. The molecule has 0 unspecified atom stereocenters. The van der Waals surface area contributed by atoms with Crippen molar-refractivity contribution in [1.29, 1.82) is 0 Å². The molecule has 2 aromatic rings. The van der Waals surface area contributed by atoms with Crippen LogP contribution in [0.4, 0.5) is 5.82 Å². The SMILES string of the molecule is CN1CCN(S(=O)(=O)c2ccc(N3CCC(c4cnn(C)c4)CC3)nc2)CC1. The normalized spacial score (nSPS) is 20.6. The zero-order chi connectivity index (χ0) is 19.7. The topological polar surface area (TPSA) is 74.6 Å². The summed E-state index contributed by atoms with van der Waals surface area (Å²) in [4.78, 5) is 9.13. The van der Waals surface area contributed by atoms with Gasteiger partial charge in [0.1, 0.15) is 10.7 Å². The standard InChI is InChI=1S/C19H28N6O2S/c1-22-9-11-25(12-10-22)28(26,27)18-3-4-19(20-14-18)24-7-5-16(6-8-24)17-13-21-23(2)15-17/h3-4,13-16H,5-12H2,1-2H3. The fourth-order valence-corrected chi connectivity index (χ4v) is 5.35. The van der Waals surface area contributed by atoms with Crippen molar-refractivity contribution in [2.75, 3.05) is 51.2 Å². The number of likely N-dealkylation sites (N-methyl/N-ethyl adjacent to an activating group) is 1. The zero-order valence-corrected chi connectivity index (χ0v) is 17.3. The summed E-state index contributed by atoms with van der Waals surface area (Å²) in [6, 6.07) is 3.54. The van der Waals surface area contributed by atoms with E-state index in [-0.39, 0.29) is 4.90 Å². The van der Waals surface area contributed by atoms with Gasteiger partial charge in [-0.25, -0.2) is 13.4 Å². The van der Waals surface area contributed by atoms with Crippen LogP contribution in [0.25, 0.3) is 0 Å². The summed E-state index contributed by atoms with van der Waals surface area (Å²) < 4.78 is 29.1. The lowest BCUT2D eigenvalue weighted by Gasteiger charge is -2.33. The van der Waals surface area contributed by atoms with Gasteiger partial charge in [0.2, 0.25) is 10.0 Å². The molecular formula is C19H28N6O2S. The van der Waals surface area contributed by atoms with E-state index in [0.717, 1.165) is 44.8 Å². The molecule has 0 aromatic carbocycles. The molecule has 2 saturated heterocycles. The number of sulfonamides is 1. The van der Waals surface area contributed by atoms with Gasteiger partial charge in [-0.3, -0.25) is 4.68 Å². The van der Waals surface area contributed by atoms with Gasteiger partial charge in [-0.2, -0.15) is 9.40 Å². The Labute approximate surface area is 166 Å². The number of aryl methyl sites for hydroxylation is 1. The summed E-state index contributed by atoms with van der Waals surface area (Å²) in [5.41, 5.74) is 1.30. The van der Waals surface area contributed by atoms with E-state index in [1.54, 1.807) is 10.4 Å². The highest BCUT2D eigenvalue weighted by molar-refractivity contribution is 7.89. The molecule has 2 aromatic heterocycles. The molecular weight excluding hydrogens is 376 g/mol. The van der Waals surface area contributed by atoms with Crippen LogP contribution in [0.1, 0.15) is 24.3 Å². The van der Waals surface area contributed by atoms with Gasteiger partial charge in [0.25, 0.3) is 0 Å². The summed E-state index contributed by atoms with van der Waals surface area (Å²) in [6.45, 7) is 4.41. The summed E-state index contributed by atoms with van der Waals surface area (Å²) in [7, 11) is 0.497. The van der Waals surface area contributed by atoms with Crippen LogP contribution in [-0.2, 0) is 17.1 Å². The average molecular weight is 405 g/mol. The van der Waals surface area contributed by atoms with Gasteiger partial charge in [-0.1, -0.05) is 0 Å². The first kappa shape index (κ1) is 19.4. The van der Waals surface area contributed by atoms with Crippen molar-refractivity contribution in [3.63, 3.8) is 0 Å². The minimum Gasteiger partial charge on any atom is -0.357 e. The number of aromatic nitrogens is 3. The van der Waals surface area contributed by atoms with E-state index >= 15 is 0 Å². The lowest BCUT2D eigenvalue weighted by molar-refractivity contribution is 0.222. The van der Waals surface area contributed by atoms with Crippen LogP contribution in [0.15, 0.2) is 35.6 Å². The summed E-state index contributed by atoms with van der Waals surface area (Å²) in [6.07, 6.45) is 7.66. The maximum atomic E-state index is 12.8. The van der Waals surface area contributed by atoms with Gasteiger partial charge < -0.3 is 9.80 Å². The second-order valence-corrected chi connectivity index (χ2v) is 9.71. The number of rotatable bonds is 4. The van der Waals surface area contributed by atoms with Crippen molar-refractivity contribution < 1.29 is 8.42 Å². The highest BCUT2D eigenvalue weighted by atomic mass is 32.2. The number of nitrogens with zero attached hydrogens (tertiary/aromatic N) is 6. The molecule has 0 bridgehead atoms. The van der Waals surface area contributed by atoms with Gasteiger partial charge in [-0.05, 0) is 43.5 Å². The molecule has 9 heteroatoms. The number of pyridine rings is 1. The van der Waals surface area contributed by atoms with Crippen LogP contribution >= 0.6 is 0 Å². The van der Waals surface area contributed by atoms with Crippen molar-refractivity contribution in [2.45, 2.75) is 23.7 Å². The zero-order valence-electron chi connectivity index (χ0n) is 16.5. The lowest BCUT2D eigenvalue weighted by Crippen LogP contribution is -2.47. The van der Waals surface area contributed by atoms with Gasteiger partial charge >= 0.3 is 0 Å². The van der Waals surface area contributed by atoms with Crippen LogP contribution in [0, 0.1) is 0 Å². The number of piperidine rings is 1. The van der Waals surface area contributed by atoms with Gasteiger partial charge in [0.15, 0.2) is 0 Å². The molecule has 0 atom stereocenters. The molecule has 0 spiro atoms. The summed E-state index contributed by atoms with van der Waals surface area (Å²) in [5.74, 6) is 1.38. The molecule has 0 radical (unpaired) electrons. The predicted octanol–water partition coefficient (Wildman–Crippen LogP) is 1.14. The van der Waals surface area contributed by atoms with Gasteiger partial charge in [-0.15, -0.1) is 0 Å². The van der Waals surface area contributed by atoms with Crippen molar-refractivity contribution >= 4 is 15.8 Å². The molecule has 28 heavy (non-hydrogen) atoms. The second kappa shape index (κ2) is 7.81. The lowest BCUT2D eigenvalue weighted by atomic mass is 9.91. The number of anilines is 1. The molecule has 0 amide bonds. The number of piperazine rings is 1. The molecule has 0 saturated carbocycles. The van der Waals surface area contributed by atoms with E-state index in [1.807, 2.05) is 31.0 Å². The molecule has 0 aliphatic carbocycles. The van der Waals surface area contributed by atoms with Crippen molar-refractivity contribution in [3.05, 3.63) is 36.3 Å². The van der Waals surface area contributed by atoms with Crippen LogP contribution in [0.3, 0.4) is 0 Å². The van der Waals surface area contributed by atoms with Crippen LogP contribution < -0.4 is 4.90 Å². The second-order valence-electron chi connectivity index (χ2n) is 7.77. The number of hydrogen-bond acceptors (Lipinski definition) is 6. The van der Waals surface area contributed by atoms with E-state index in [1.165, 1.54) is 11.8 Å². The van der Waals surface area contributed by atoms with Gasteiger partial charge in [0, 0.05) is 58.7 Å². The van der Waals surface area contributed by atoms with Crippen molar-refractivity contribution in [2.24, 2.45) is 7.05 Å². The molecule has 0 N–H and O–H groups in total. The smallest absolute Gasteiger partial charge is 0.244 e. The third-order valence-electron chi connectivity index (χ3n) is 5.84. The van der Waals surface area contributed by atoms with E-state index in [0.29, 0.717) is 19.0 Å². The Bertz CT molecular complexity index is 895. The first-order valence-corrected chi connectivity index (χ1v) is 11.3. The third-order valence-corrected chi connectivity index (χ3v) is 7.72. The Morgan fingerprint density at radius 2 is 1.68 bits per heavy atom. The van der Waals surface area contributed by atoms with E-state index in [2.05, 4.69) is 26.1 Å². The van der Waals surface area contributed by atoms with Crippen LogP contribution in [0.2, 0.25) is 0 Å². The average Bonchev–Trinajstić information content (AvgIpc) is 3.15. The van der Waals surface area contributed by atoms with E-state index in [9.17, 15) is 8.42 Å². The number of hydrogen-bond donors (Lipinski definition) is 0. The summed E-state index contributed by atoms with van der Waals surface area (Å²) in [5, 5.41) is 4.27. The molecule has 152 valence electrons. The molecule has 4 rings (SSSR count). The first-order chi connectivity index (χ1) is 13.4. The fourth-order valence-electron chi connectivity index (χ4n) is 3.98. The Morgan fingerprint density at radius 1 is 0.964 bits per heavy atom. The monoisotopic (exact) mass is 404 g/mol. The van der Waals surface area contributed by atoms with Gasteiger partial charge in [0.05, 0.1) is 6.20 Å². The summed E-state index contributed by atoms with van der Waals surface area (Å²) >= 11 is 0. The maximum absolute atomic E-state index is 12.8. The Morgan fingerprint density at radius 3 is 2.25 bits per heavy atom. The van der Waals surface area contributed by atoms with Crippen LogP contribution in [0.5, 0.6) is 0 Å². The van der Waals surface area contributed by atoms with E-state index in [4.69, 9.17) is 0 Å². The molecule has 2 aliphatic rings. The highest BCUT2D eigenvalue weighted by Crippen LogP contribution is 2.30. The molecule has 2 fully saturated rings. The molecule has 4 heterocycles. The minimum atomic E-state index is -3.46. The Kier molecular flexibility index (Phi) is 5.39. The van der Waals surface area contributed by atoms with Crippen LogP contribution in [-0.4, -0.2) is 78.7 Å². The van der Waals surface area contributed by atoms with Crippen molar-refractivity contribution in [3.8, 4) is 0 Å². The molecule has 8 nitrogen and oxygen atoms in total. The fraction of sp³-hybridized carbons (Fsp3) is 0.579. The maximum Gasteiger partial charge on any atom is 0.244 e. The Hall–Kier alpha value is -1.97. The van der Waals surface area contributed by atoms with E-state index < -0.39 is 10.0 Å². The third kappa shape index (κ3) is 3.92. The molecule has 2 aliphatic heterocycles. The highest BCUT2D eigenvalue weighted by Gasteiger charge is 2.28. The Balaban J connectivity index is 1.40. The van der Waals surface area contributed by atoms with Crippen molar-refractivity contribution in [1.82, 2.24) is 24.0 Å². The quantitative estimate of drug-likeness (QED) is 0.761. The predicted molar refractivity (Wildman–Crippen MR) is 108 cm³/mol. The minimum absolute atomic E-state index is 0.283.